The number of rotatable bonds is 25. The summed E-state index contributed by atoms with van der Waals surface area (Å²) in [5.74, 6) is -0.155. The highest BCUT2D eigenvalue weighted by Gasteiger charge is 2.36. The van der Waals surface area contributed by atoms with Crippen molar-refractivity contribution in [2.75, 3.05) is 0 Å². The number of aliphatic hydroxyl groups excluding tert-OH is 3. The Hall–Kier alpha value is -0.990. The lowest BCUT2D eigenvalue weighted by atomic mass is 9.98. The van der Waals surface area contributed by atoms with E-state index in [0.29, 0.717) is 12.8 Å². The summed E-state index contributed by atoms with van der Waals surface area (Å²) >= 11 is 0. The molecule has 0 aromatic rings. The molecule has 0 saturated carbocycles. The minimum absolute atomic E-state index is 0.0835. The molecule has 0 aromatic carbocycles. The van der Waals surface area contributed by atoms with Crippen LogP contribution in [0.25, 0.3) is 0 Å². The Morgan fingerprint density at radius 3 is 1.75 bits per heavy atom. The van der Waals surface area contributed by atoms with Gasteiger partial charge in [-0.3, -0.25) is 0 Å². The number of hydrogen-bond donors (Lipinski definition) is 3. The van der Waals surface area contributed by atoms with E-state index >= 15 is 0 Å². The van der Waals surface area contributed by atoms with Gasteiger partial charge >= 0.3 is 5.97 Å². The molecule has 0 spiro atoms. The maximum atomic E-state index is 11.7. The highest BCUT2D eigenvalue weighted by Crippen LogP contribution is 2.31. The van der Waals surface area contributed by atoms with Gasteiger partial charge in [0, 0.05) is 5.57 Å². The number of carbonyl (C=O) groups excluding carboxylic acids is 1. The Morgan fingerprint density at radius 1 is 0.659 bits per heavy atom. The van der Waals surface area contributed by atoms with Gasteiger partial charge in [-0.2, -0.15) is 0 Å². The number of unbranched alkanes of at least 4 members (excludes halogenated alkanes) is 13. The van der Waals surface area contributed by atoms with Crippen molar-refractivity contribution < 1.29 is 34.3 Å². The van der Waals surface area contributed by atoms with Crippen molar-refractivity contribution in [2.45, 2.75) is 217 Å². The third kappa shape index (κ3) is 14.2. The fourth-order valence-corrected chi connectivity index (χ4v) is 7.26. The summed E-state index contributed by atoms with van der Waals surface area (Å²) < 4.78 is 17.4. The van der Waals surface area contributed by atoms with Crippen LogP contribution in [0.2, 0.25) is 0 Å². The molecule has 0 aliphatic carbocycles. The van der Waals surface area contributed by atoms with Crippen LogP contribution in [0.15, 0.2) is 11.6 Å². The van der Waals surface area contributed by atoms with Crippen molar-refractivity contribution >= 4 is 5.97 Å². The summed E-state index contributed by atoms with van der Waals surface area (Å²) in [5, 5.41) is 32.2. The Morgan fingerprint density at radius 2 is 1.16 bits per heavy atom. The van der Waals surface area contributed by atoms with Crippen molar-refractivity contribution in [3.8, 4) is 0 Å². The van der Waals surface area contributed by atoms with Crippen LogP contribution in [0.4, 0.5) is 0 Å². The Kier molecular flexibility index (Phi) is 18.5. The van der Waals surface area contributed by atoms with Crippen molar-refractivity contribution in [1.29, 1.82) is 0 Å². The average Bonchev–Trinajstić information content (AvgIpc) is 3.76. The van der Waals surface area contributed by atoms with Gasteiger partial charge in [-0.1, -0.05) is 96.8 Å². The van der Waals surface area contributed by atoms with Gasteiger partial charge in [0.15, 0.2) is 0 Å². The molecular weight excluding hydrogens is 556 g/mol. The second kappa shape index (κ2) is 21.7. The van der Waals surface area contributed by atoms with Crippen LogP contribution in [0.1, 0.15) is 168 Å². The molecule has 7 heteroatoms. The molecule has 0 aromatic heterocycles. The van der Waals surface area contributed by atoms with E-state index in [4.69, 9.17) is 14.2 Å². The van der Waals surface area contributed by atoms with E-state index in [1.54, 1.807) is 0 Å². The summed E-state index contributed by atoms with van der Waals surface area (Å²) in [5.41, 5.74) is 0.824. The zero-order valence-corrected chi connectivity index (χ0v) is 28.1. The zero-order chi connectivity index (χ0) is 31.6. The molecule has 3 heterocycles. The van der Waals surface area contributed by atoms with E-state index in [0.717, 1.165) is 82.6 Å². The SMILES string of the molecule is CCCCCCCCCCCCC[C@@H](O)[C@@H]1CC[C@@H]([C@@H](O)CC[C@H](O)[C@@H]2CC[C@@H](CCCCCCC3=C[C@H](C)OC3=O)O2)O1. The van der Waals surface area contributed by atoms with Gasteiger partial charge < -0.3 is 29.5 Å². The first-order valence-corrected chi connectivity index (χ1v) is 18.6. The topological polar surface area (TPSA) is 105 Å². The minimum Gasteiger partial charge on any atom is -0.455 e. The van der Waals surface area contributed by atoms with E-state index in [1.807, 2.05) is 13.0 Å². The zero-order valence-electron chi connectivity index (χ0n) is 28.1. The van der Waals surface area contributed by atoms with Gasteiger partial charge in [0.25, 0.3) is 0 Å². The minimum atomic E-state index is -0.619. The number of cyclic esters (lactones) is 1. The lowest BCUT2D eigenvalue weighted by molar-refractivity contribution is -0.139. The molecule has 2 saturated heterocycles. The Balaban J connectivity index is 1.16. The van der Waals surface area contributed by atoms with E-state index < -0.39 is 18.3 Å². The van der Waals surface area contributed by atoms with Crippen LogP contribution in [-0.2, 0) is 19.0 Å². The van der Waals surface area contributed by atoms with E-state index in [9.17, 15) is 20.1 Å². The highest BCUT2D eigenvalue weighted by molar-refractivity contribution is 5.90. The molecular formula is C37H66O7. The molecule has 0 bridgehead atoms. The van der Waals surface area contributed by atoms with Gasteiger partial charge in [0.2, 0.25) is 0 Å². The smallest absolute Gasteiger partial charge is 0.334 e. The largest absolute Gasteiger partial charge is 0.455 e. The quantitative estimate of drug-likeness (QED) is 0.0703. The molecule has 0 unspecified atom stereocenters. The number of ether oxygens (including phenoxy) is 3. The molecule has 8 atom stereocenters. The summed E-state index contributed by atoms with van der Waals surface area (Å²) in [6.45, 7) is 4.16. The van der Waals surface area contributed by atoms with Crippen molar-refractivity contribution in [1.82, 2.24) is 0 Å². The molecule has 3 aliphatic heterocycles. The average molecular weight is 623 g/mol. The Bertz CT molecular complexity index is 801. The lowest BCUT2D eigenvalue weighted by Gasteiger charge is -2.24. The fourth-order valence-electron chi connectivity index (χ4n) is 7.26. The summed E-state index contributed by atoms with van der Waals surface area (Å²) in [4.78, 5) is 11.7. The molecule has 2 fully saturated rings. The number of hydrogen-bond acceptors (Lipinski definition) is 7. The van der Waals surface area contributed by atoms with Gasteiger partial charge in [-0.15, -0.1) is 0 Å². The molecule has 44 heavy (non-hydrogen) atoms. The van der Waals surface area contributed by atoms with E-state index in [1.165, 1.54) is 64.2 Å². The van der Waals surface area contributed by atoms with Gasteiger partial charge in [0.1, 0.15) is 6.10 Å². The second-order valence-electron chi connectivity index (χ2n) is 14.0. The highest BCUT2D eigenvalue weighted by atomic mass is 16.5. The number of esters is 1. The van der Waals surface area contributed by atoms with Crippen LogP contribution < -0.4 is 0 Å². The predicted octanol–water partition coefficient (Wildman–Crippen LogP) is 7.86. The summed E-state index contributed by atoms with van der Waals surface area (Å²) in [6, 6.07) is 0. The molecule has 7 nitrogen and oxygen atoms in total. The fraction of sp³-hybridized carbons (Fsp3) is 0.919. The van der Waals surface area contributed by atoms with Gasteiger partial charge in [-0.05, 0) is 77.2 Å². The van der Waals surface area contributed by atoms with Gasteiger partial charge in [0.05, 0.1) is 42.7 Å². The first-order valence-electron chi connectivity index (χ1n) is 18.6. The normalized spacial score (nSPS) is 27.4. The lowest BCUT2D eigenvalue weighted by Crippen LogP contribution is -2.33. The standard InChI is InChI=1S/C37H66O7/c1-3-4-5-6-7-8-9-10-11-12-17-20-31(38)35-25-26-36(44-35)33(40)23-22-32(39)34-24-21-30(43-34)19-16-14-13-15-18-29-27-28(2)42-37(29)41/h27-28,30-36,38-40H,3-26H2,1-2H3/t28-,30+,31+,32-,33-,34-,35-,36-/m0/s1. The first kappa shape index (κ1) is 37.5. The molecule has 0 radical (unpaired) electrons. The monoisotopic (exact) mass is 622 g/mol. The summed E-state index contributed by atoms with van der Waals surface area (Å²) in [6.07, 6.45) is 25.4. The van der Waals surface area contributed by atoms with Crippen molar-refractivity contribution in [2.24, 2.45) is 0 Å². The molecule has 3 N–H and O–H groups in total. The molecule has 3 aliphatic rings. The maximum absolute atomic E-state index is 11.7. The van der Waals surface area contributed by atoms with E-state index in [2.05, 4.69) is 6.92 Å². The molecule has 256 valence electrons. The maximum Gasteiger partial charge on any atom is 0.334 e. The second-order valence-corrected chi connectivity index (χ2v) is 14.0. The van der Waals surface area contributed by atoms with E-state index in [-0.39, 0.29) is 36.5 Å². The van der Waals surface area contributed by atoms with Crippen LogP contribution in [0.3, 0.4) is 0 Å². The first-order chi connectivity index (χ1) is 21.4. The van der Waals surface area contributed by atoms with Crippen LogP contribution in [0, 0.1) is 0 Å². The summed E-state index contributed by atoms with van der Waals surface area (Å²) in [7, 11) is 0. The van der Waals surface area contributed by atoms with Crippen molar-refractivity contribution in [3.05, 3.63) is 11.6 Å². The number of carbonyl (C=O) groups is 1. The van der Waals surface area contributed by atoms with Gasteiger partial charge in [-0.25, -0.2) is 4.79 Å². The molecule has 0 amide bonds. The number of aliphatic hydroxyl groups is 3. The molecule has 3 rings (SSSR count). The van der Waals surface area contributed by atoms with Crippen molar-refractivity contribution in [3.63, 3.8) is 0 Å². The van der Waals surface area contributed by atoms with Crippen LogP contribution in [0.5, 0.6) is 0 Å². The Labute approximate surface area is 268 Å². The van der Waals surface area contributed by atoms with Crippen LogP contribution in [-0.4, -0.2) is 70.1 Å². The third-order valence-electron chi connectivity index (χ3n) is 10.1. The van der Waals surface area contributed by atoms with Crippen LogP contribution >= 0.6 is 0 Å². The third-order valence-corrected chi connectivity index (χ3v) is 10.1. The predicted molar refractivity (Wildman–Crippen MR) is 175 cm³/mol.